The minimum Gasteiger partial charge on any atom is -0.368 e. The van der Waals surface area contributed by atoms with E-state index in [1.807, 2.05) is 11.3 Å². The number of hydrogen-bond donors (Lipinski definition) is 1. The van der Waals surface area contributed by atoms with Crippen molar-refractivity contribution in [3.05, 3.63) is 29.6 Å². The monoisotopic (exact) mass is 272 g/mol. The van der Waals surface area contributed by atoms with Gasteiger partial charge in [0.25, 0.3) is 0 Å². The average molecular weight is 272 g/mol. The lowest BCUT2D eigenvalue weighted by atomic mass is 9.94. The number of fused-ring (bicyclic) bond motifs is 1. The molecule has 0 unspecified atom stereocenters. The molecule has 0 atom stereocenters. The van der Waals surface area contributed by atoms with Crippen LogP contribution in [0.4, 0.5) is 5.69 Å². The molecular weight excluding hydrogens is 252 g/mol. The van der Waals surface area contributed by atoms with Crippen LogP contribution in [0.3, 0.4) is 0 Å². The number of piperazine rings is 1. The molecule has 1 aliphatic carbocycles. The van der Waals surface area contributed by atoms with Gasteiger partial charge in [-0.15, -0.1) is 11.3 Å². The van der Waals surface area contributed by atoms with Gasteiger partial charge < -0.3 is 10.2 Å². The Morgan fingerprint density at radius 3 is 2.95 bits per heavy atom. The highest BCUT2D eigenvalue weighted by Crippen LogP contribution is 2.34. The molecule has 2 fully saturated rings. The Kier molecular flexibility index (Phi) is 2.78. The Balaban J connectivity index is 1.63. The first-order valence-corrected chi connectivity index (χ1v) is 8.20. The normalized spacial score (nSPS) is 22.4. The third kappa shape index (κ3) is 2.05. The van der Waals surface area contributed by atoms with Crippen LogP contribution in [-0.4, -0.2) is 25.2 Å². The second-order valence-electron chi connectivity index (χ2n) is 5.98. The molecule has 1 N–H and O–H groups in total. The van der Waals surface area contributed by atoms with Crippen LogP contribution in [-0.2, 0) is 0 Å². The van der Waals surface area contributed by atoms with Gasteiger partial charge in [0.15, 0.2) is 0 Å². The molecule has 1 saturated carbocycles. The molecule has 1 aromatic carbocycles. The first kappa shape index (κ1) is 11.7. The zero-order valence-corrected chi connectivity index (χ0v) is 12.0. The van der Waals surface area contributed by atoms with Crippen LogP contribution >= 0.6 is 11.3 Å². The first-order valence-electron chi connectivity index (χ1n) is 7.32. The molecule has 1 aromatic heterocycles. The maximum absolute atomic E-state index is 3.79. The van der Waals surface area contributed by atoms with E-state index >= 15 is 0 Å². The van der Waals surface area contributed by atoms with Gasteiger partial charge in [0, 0.05) is 35.6 Å². The van der Waals surface area contributed by atoms with Gasteiger partial charge in [-0.2, -0.15) is 0 Å². The van der Waals surface area contributed by atoms with Gasteiger partial charge >= 0.3 is 0 Å². The zero-order chi connectivity index (χ0) is 12.7. The van der Waals surface area contributed by atoms with Gasteiger partial charge in [-0.05, 0) is 47.9 Å². The van der Waals surface area contributed by atoms with E-state index in [9.17, 15) is 0 Å². The molecule has 0 radical (unpaired) electrons. The quantitative estimate of drug-likeness (QED) is 0.853. The lowest BCUT2D eigenvalue weighted by Crippen LogP contribution is -2.59. The third-order valence-electron chi connectivity index (χ3n) is 4.74. The number of rotatable bonds is 1. The van der Waals surface area contributed by atoms with Crippen molar-refractivity contribution in [1.29, 1.82) is 0 Å². The molecule has 0 bridgehead atoms. The van der Waals surface area contributed by atoms with E-state index in [2.05, 4.69) is 39.9 Å². The highest BCUT2D eigenvalue weighted by atomic mass is 32.1. The third-order valence-corrected chi connectivity index (χ3v) is 5.63. The summed E-state index contributed by atoms with van der Waals surface area (Å²) >= 11 is 1.83. The summed E-state index contributed by atoms with van der Waals surface area (Å²) in [6, 6.07) is 9.17. The van der Waals surface area contributed by atoms with Crippen molar-refractivity contribution >= 4 is 27.1 Å². The fraction of sp³-hybridized carbons (Fsp3) is 0.500. The van der Waals surface area contributed by atoms with Crippen LogP contribution in [0, 0.1) is 0 Å². The summed E-state index contributed by atoms with van der Waals surface area (Å²) in [6.45, 7) is 3.45. The highest BCUT2D eigenvalue weighted by Gasteiger charge is 2.37. The molecule has 1 saturated heterocycles. The van der Waals surface area contributed by atoms with Crippen LogP contribution in [0.1, 0.15) is 25.7 Å². The van der Waals surface area contributed by atoms with Gasteiger partial charge in [0.1, 0.15) is 0 Å². The van der Waals surface area contributed by atoms with Gasteiger partial charge in [-0.25, -0.2) is 0 Å². The van der Waals surface area contributed by atoms with Crippen molar-refractivity contribution < 1.29 is 0 Å². The molecule has 4 rings (SSSR count). The Morgan fingerprint density at radius 1 is 1.16 bits per heavy atom. The second-order valence-corrected chi connectivity index (χ2v) is 6.93. The maximum Gasteiger partial charge on any atom is 0.0374 e. The molecule has 0 amide bonds. The van der Waals surface area contributed by atoms with Crippen molar-refractivity contribution in [3.63, 3.8) is 0 Å². The fourth-order valence-electron chi connectivity index (χ4n) is 3.71. The van der Waals surface area contributed by atoms with Crippen molar-refractivity contribution in [1.82, 2.24) is 5.32 Å². The van der Waals surface area contributed by atoms with Crippen LogP contribution in [0.25, 0.3) is 10.1 Å². The maximum atomic E-state index is 3.79. The summed E-state index contributed by atoms with van der Waals surface area (Å²) in [7, 11) is 0. The van der Waals surface area contributed by atoms with Gasteiger partial charge in [0.2, 0.25) is 0 Å². The minimum atomic E-state index is 0.405. The molecular formula is C16H20N2S. The molecule has 1 spiro atoms. The summed E-state index contributed by atoms with van der Waals surface area (Å²) in [5.41, 5.74) is 1.81. The van der Waals surface area contributed by atoms with E-state index in [-0.39, 0.29) is 0 Å². The number of thiophene rings is 1. The summed E-state index contributed by atoms with van der Waals surface area (Å²) in [4.78, 5) is 2.58. The van der Waals surface area contributed by atoms with Crippen LogP contribution in [0.5, 0.6) is 0 Å². The van der Waals surface area contributed by atoms with Crippen molar-refractivity contribution in [2.24, 2.45) is 0 Å². The number of nitrogens with zero attached hydrogens (tertiary/aromatic N) is 1. The molecule has 19 heavy (non-hydrogen) atoms. The molecule has 2 aromatic rings. The predicted octanol–water partition coefficient (Wildman–Crippen LogP) is 3.62. The Hall–Kier alpha value is -1.06. The summed E-state index contributed by atoms with van der Waals surface area (Å²) in [5.74, 6) is 0. The smallest absolute Gasteiger partial charge is 0.0374 e. The standard InChI is InChI=1S/C16H20N2S/c1-2-7-16(6-1)12-18(9-8-17-16)14-3-4-15-13(11-14)5-10-19-15/h3-5,10-11,17H,1-2,6-9,12H2. The Morgan fingerprint density at radius 2 is 2.05 bits per heavy atom. The van der Waals surface area contributed by atoms with Crippen molar-refractivity contribution in [3.8, 4) is 0 Å². The van der Waals surface area contributed by atoms with E-state index in [1.54, 1.807) is 0 Å². The van der Waals surface area contributed by atoms with Gasteiger partial charge in [-0.3, -0.25) is 0 Å². The van der Waals surface area contributed by atoms with E-state index in [4.69, 9.17) is 0 Å². The molecule has 1 aliphatic heterocycles. The number of hydrogen-bond acceptors (Lipinski definition) is 3. The van der Waals surface area contributed by atoms with E-state index < -0.39 is 0 Å². The first-order chi connectivity index (χ1) is 9.35. The molecule has 3 heteroatoms. The molecule has 100 valence electrons. The van der Waals surface area contributed by atoms with Gasteiger partial charge in [-0.1, -0.05) is 12.8 Å². The minimum absolute atomic E-state index is 0.405. The van der Waals surface area contributed by atoms with Crippen LogP contribution < -0.4 is 10.2 Å². The summed E-state index contributed by atoms with van der Waals surface area (Å²) < 4.78 is 1.40. The zero-order valence-electron chi connectivity index (χ0n) is 11.2. The topological polar surface area (TPSA) is 15.3 Å². The SMILES string of the molecule is c1cc2cc(N3CCNC4(CCCC4)C3)ccc2s1. The van der Waals surface area contributed by atoms with Crippen molar-refractivity contribution in [2.75, 3.05) is 24.5 Å². The summed E-state index contributed by atoms with van der Waals surface area (Å²) in [5, 5.41) is 7.36. The van der Waals surface area contributed by atoms with Crippen LogP contribution in [0.15, 0.2) is 29.6 Å². The second kappa shape index (κ2) is 4.50. The summed E-state index contributed by atoms with van der Waals surface area (Å²) in [6.07, 6.45) is 5.49. The van der Waals surface area contributed by atoms with Gasteiger partial charge in [0.05, 0.1) is 0 Å². The lowest BCUT2D eigenvalue weighted by Gasteiger charge is -2.42. The Bertz CT molecular complexity index is 583. The fourth-order valence-corrected chi connectivity index (χ4v) is 4.49. The number of nitrogens with one attached hydrogen (secondary N) is 1. The highest BCUT2D eigenvalue weighted by molar-refractivity contribution is 7.17. The Labute approximate surface area is 118 Å². The van der Waals surface area contributed by atoms with E-state index in [0.717, 1.165) is 13.1 Å². The number of benzene rings is 1. The molecule has 2 aliphatic rings. The van der Waals surface area contributed by atoms with E-state index in [1.165, 1.54) is 48.0 Å². The number of anilines is 1. The lowest BCUT2D eigenvalue weighted by molar-refractivity contribution is 0.304. The van der Waals surface area contributed by atoms with Crippen LogP contribution in [0.2, 0.25) is 0 Å². The molecule has 2 heterocycles. The largest absolute Gasteiger partial charge is 0.368 e. The predicted molar refractivity (Wildman–Crippen MR) is 83.2 cm³/mol. The molecule has 2 nitrogen and oxygen atoms in total. The average Bonchev–Trinajstić information content (AvgIpc) is 3.07. The van der Waals surface area contributed by atoms with Crippen molar-refractivity contribution in [2.45, 2.75) is 31.2 Å². The van der Waals surface area contributed by atoms with E-state index in [0.29, 0.717) is 5.54 Å².